The molecule has 0 unspecified atom stereocenters. The number of amides is 1. The topological polar surface area (TPSA) is 79.0 Å². The third-order valence-electron chi connectivity index (χ3n) is 6.00. The van der Waals surface area contributed by atoms with E-state index in [0.29, 0.717) is 30.9 Å². The molecule has 0 radical (unpaired) electrons. The van der Waals surface area contributed by atoms with E-state index in [1.54, 1.807) is 6.07 Å². The maximum absolute atomic E-state index is 13.1. The van der Waals surface area contributed by atoms with E-state index in [-0.39, 0.29) is 10.8 Å². The molecule has 3 rings (SSSR count). The Morgan fingerprint density at radius 3 is 2.30 bits per heavy atom. The van der Waals surface area contributed by atoms with Crippen LogP contribution in [0.5, 0.6) is 5.75 Å². The molecule has 0 aromatic heterocycles. The summed E-state index contributed by atoms with van der Waals surface area (Å²) in [6, 6.07) is 4.54. The average molecular weight is 438 g/mol. The summed E-state index contributed by atoms with van der Waals surface area (Å²) in [4.78, 5) is 17.4. The number of benzene rings is 1. The van der Waals surface area contributed by atoms with Gasteiger partial charge in [-0.05, 0) is 69.9 Å². The molecule has 2 saturated heterocycles. The highest BCUT2D eigenvalue weighted by Crippen LogP contribution is 2.25. The van der Waals surface area contributed by atoms with Crippen LogP contribution in [0.25, 0.3) is 0 Å². The minimum Gasteiger partial charge on any atom is -0.496 e. The summed E-state index contributed by atoms with van der Waals surface area (Å²) in [5.41, 5.74) is 0.315. The third kappa shape index (κ3) is 6.18. The maximum atomic E-state index is 13.1. The van der Waals surface area contributed by atoms with Crippen LogP contribution in [0.15, 0.2) is 23.1 Å². The highest BCUT2D eigenvalue weighted by atomic mass is 32.2. The van der Waals surface area contributed by atoms with Gasteiger partial charge >= 0.3 is 0 Å². The van der Waals surface area contributed by atoms with Crippen molar-refractivity contribution in [2.24, 2.45) is 0 Å². The second-order valence-electron chi connectivity index (χ2n) is 8.22. The van der Waals surface area contributed by atoms with Gasteiger partial charge in [-0.1, -0.05) is 19.3 Å². The van der Waals surface area contributed by atoms with E-state index in [9.17, 15) is 13.2 Å². The largest absolute Gasteiger partial charge is 0.496 e. The number of rotatable bonds is 8. The van der Waals surface area contributed by atoms with Gasteiger partial charge in [-0.25, -0.2) is 13.1 Å². The first kappa shape index (κ1) is 23.0. The van der Waals surface area contributed by atoms with E-state index >= 15 is 0 Å². The molecule has 2 fully saturated rings. The van der Waals surface area contributed by atoms with Crippen LogP contribution in [0.3, 0.4) is 0 Å². The minimum atomic E-state index is -3.68. The second-order valence-corrected chi connectivity index (χ2v) is 9.99. The normalized spacial score (nSPS) is 18.8. The maximum Gasteiger partial charge on any atom is 0.257 e. The lowest BCUT2D eigenvalue weighted by molar-refractivity contribution is 0.0758. The molecule has 1 amide bonds. The lowest BCUT2D eigenvalue weighted by Crippen LogP contribution is -2.34. The molecule has 1 aromatic carbocycles. The molecule has 2 aliphatic rings. The van der Waals surface area contributed by atoms with Crippen molar-refractivity contribution in [3.05, 3.63) is 23.8 Å². The van der Waals surface area contributed by atoms with Gasteiger partial charge in [0.05, 0.1) is 17.6 Å². The summed E-state index contributed by atoms with van der Waals surface area (Å²) in [6.07, 6.45) is 8.72. The summed E-state index contributed by atoms with van der Waals surface area (Å²) in [7, 11) is -2.18. The molecule has 8 heteroatoms. The van der Waals surface area contributed by atoms with Crippen LogP contribution in [-0.4, -0.2) is 70.5 Å². The number of ether oxygens (including phenoxy) is 1. The first-order valence-electron chi connectivity index (χ1n) is 11.2. The Bertz CT molecular complexity index is 799. The SMILES string of the molecule is COc1ccc(S(=O)(=O)NCCCN2CCCCC2)cc1C(=O)N1CCCCCC1. The van der Waals surface area contributed by atoms with E-state index in [2.05, 4.69) is 9.62 Å². The van der Waals surface area contributed by atoms with Crippen LogP contribution < -0.4 is 9.46 Å². The van der Waals surface area contributed by atoms with Gasteiger partial charge in [-0.15, -0.1) is 0 Å². The molecule has 2 heterocycles. The van der Waals surface area contributed by atoms with Gasteiger partial charge in [0.15, 0.2) is 0 Å². The van der Waals surface area contributed by atoms with Crippen LogP contribution in [0, 0.1) is 0 Å². The van der Waals surface area contributed by atoms with E-state index in [1.165, 1.54) is 38.5 Å². The molecule has 168 valence electrons. The first-order valence-corrected chi connectivity index (χ1v) is 12.7. The van der Waals surface area contributed by atoms with Crippen molar-refractivity contribution in [3.8, 4) is 5.75 Å². The summed E-state index contributed by atoms with van der Waals surface area (Å²) < 4.78 is 33.6. The molecule has 0 spiro atoms. The molecule has 0 atom stereocenters. The van der Waals surface area contributed by atoms with Crippen LogP contribution in [-0.2, 0) is 10.0 Å². The molecular weight excluding hydrogens is 402 g/mol. The Kier molecular flexibility index (Phi) is 8.53. The van der Waals surface area contributed by atoms with Crippen molar-refractivity contribution in [3.63, 3.8) is 0 Å². The molecule has 30 heavy (non-hydrogen) atoms. The predicted octanol–water partition coefficient (Wildman–Crippen LogP) is 2.87. The molecular formula is C22H35N3O4S. The van der Waals surface area contributed by atoms with Crippen molar-refractivity contribution in [1.82, 2.24) is 14.5 Å². The van der Waals surface area contributed by atoms with Crippen molar-refractivity contribution in [2.75, 3.05) is 46.4 Å². The lowest BCUT2D eigenvalue weighted by Gasteiger charge is -2.26. The highest BCUT2D eigenvalue weighted by molar-refractivity contribution is 7.89. The highest BCUT2D eigenvalue weighted by Gasteiger charge is 2.24. The molecule has 0 aliphatic carbocycles. The Hall–Kier alpha value is -1.64. The zero-order valence-electron chi connectivity index (χ0n) is 18.1. The second kappa shape index (κ2) is 11.1. The number of sulfonamides is 1. The standard InChI is InChI=1S/C22H35N3O4S/c1-29-21-11-10-19(18-20(21)22(26)25-16-7-2-3-8-17-25)30(27,28)23-12-9-15-24-13-5-4-6-14-24/h10-11,18,23H,2-9,12-17H2,1H3. The van der Waals surface area contributed by atoms with Gasteiger partial charge < -0.3 is 14.5 Å². The number of carbonyl (C=O) groups is 1. The predicted molar refractivity (Wildman–Crippen MR) is 117 cm³/mol. The summed E-state index contributed by atoms with van der Waals surface area (Å²) in [6.45, 7) is 4.91. The van der Waals surface area contributed by atoms with Gasteiger partial charge in [0.1, 0.15) is 5.75 Å². The van der Waals surface area contributed by atoms with Crippen LogP contribution in [0.2, 0.25) is 0 Å². The third-order valence-corrected chi connectivity index (χ3v) is 7.46. The molecule has 0 bridgehead atoms. The molecule has 7 nitrogen and oxygen atoms in total. The van der Waals surface area contributed by atoms with Crippen LogP contribution in [0.4, 0.5) is 0 Å². The fourth-order valence-corrected chi connectivity index (χ4v) is 5.34. The fourth-order valence-electron chi connectivity index (χ4n) is 4.24. The van der Waals surface area contributed by atoms with E-state index in [1.807, 2.05) is 4.90 Å². The Balaban J connectivity index is 1.65. The number of nitrogens with zero attached hydrogens (tertiary/aromatic N) is 2. The van der Waals surface area contributed by atoms with Gasteiger partial charge in [0.2, 0.25) is 10.0 Å². The minimum absolute atomic E-state index is 0.111. The Labute approximate surface area is 180 Å². The van der Waals surface area contributed by atoms with E-state index in [4.69, 9.17) is 4.74 Å². The van der Waals surface area contributed by atoms with Crippen molar-refractivity contribution in [1.29, 1.82) is 0 Å². The average Bonchev–Trinajstić information content (AvgIpc) is 3.06. The van der Waals surface area contributed by atoms with E-state index in [0.717, 1.165) is 51.7 Å². The number of methoxy groups -OCH3 is 1. The van der Waals surface area contributed by atoms with Gasteiger partial charge in [-0.3, -0.25) is 4.79 Å². The Morgan fingerprint density at radius 1 is 1.00 bits per heavy atom. The van der Waals surface area contributed by atoms with Crippen LogP contribution in [0.1, 0.15) is 61.7 Å². The number of piperidine rings is 1. The van der Waals surface area contributed by atoms with Crippen LogP contribution >= 0.6 is 0 Å². The number of hydrogen-bond acceptors (Lipinski definition) is 5. The summed E-state index contributed by atoms with van der Waals surface area (Å²) in [5, 5.41) is 0. The number of likely N-dealkylation sites (tertiary alicyclic amines) is 2. The van der Waals surface area contributed by atoms with Crippen molar-refractivity contribution in [2.45, 2.75) is 56.3 Å². The number of hydrogen-bond donors (Lipinski definition) is 1. The van der Waals surface area contributed by atoms with Gasteiger partial charge in [-0.2, -0.15) is 0 Å². The molecule has 1 N–H and O–H groups in total. The smallest absolute Gasteiger partial charge is 0.257 e. The zero-order valence-corrected chi connectivity index (χ0v) is 18.9. The van der Waals surface area contributed by atoms with E-state index < -0.39 is 10.0 Å². The van der Waals surface area contributed by atoms with Gasteiger partial charge in [0, 0.05) is 19.6 Å². The monoisotopic (exact) mass is 437 g/mol. The molecule has 0 saturated carbocycles. The molecule has 2 aliphatic heterocycles. The summed E-state index contributed by atoms with van der Waals surface area (Å²) in [5.74, 6) is 0.254. The number of nitrogens with one attached hydrogen (secondary N) is 1. The van der Waals surface area contributed by atoms with Gasteiger partial charge in [0.25, 0.3) is 5.91 Å². The number of carbonyl (C=O) groups excluding carboxylic acids is 1. The Morgan fingerprint density at radius 2 is 1.63 bits per heavy atom. The lowest BCUT2D eigenvalue weighted by atomic mass is 10.1. The summed E-state index contributed by atoms with van der Waals surface area (Å²) >= 11 is 0. The molecule has 1 aromatic rings. The fraction of sp³-hybridized carbons (Fsp3) is 0.682. The quantitative estimate of drug-likeness (QED) is 0.633. The van der Waals surface area contributed by atoms with Crippen molar-refractivity contribution < 1.29 is 17.9 Å². The van der Waals surface area contributed by atoms with Crippen molar-refractivity contribution >= 4 is 15.9 Å². The zero-order chi connectivity index (χ0) is 21.4. The first-order chi connectivity index (χ1) is 14.5.